The fourth-order valence-corrected chi connectivity index (χ4v) is 1.68. The minimum Gasteiger partial charge on any atom is -0.493 e. The molecule has 0 amide bonds. The van der Waals surface area contributed by atoms with Gasteiger partial charge in [0.1, 0.15) is 11.8 Å². The number of rotatable bonds is 2. The first kappa shape index (κ1) is 10.8. The molecule has 0 bridgehead atoms. The molecule has 0 aliphatic heterocycles. The summed E-state index contributed by atoms with van der Waals surface area (Å²) in [6, 6.07) is 6.64. The summed E-state index contributed by atoms with van der Waals surface area (Å²) in [5.74, 6) is -0.391. The van der Waals surface area contributed by atoms with Crippen LogP contribution in [0.15, 0.2) is 29.1 Å². The van der Waals surface area contributed by atoms with Crippen molar-refractivity contribution in [2.45, 2.75) is 6.10 Å². The van der Waals surface area contributed by atoms with Gasteiger partial charge in [0.15, 0.2) is 0 Å². The largest absolute Gasteiger partial charge is 0.493 e. The lowest BCUT2D eigenvalue weighted by molar-refractivity contribution is 0.210. The van der Waals surface area contributed by atoms with Crippen LogP contribution in [0.5, 0.6) is 5.88 Å². The third-order valence-electron chi connectivity index (χ3n) is 2.21. The lowest BCUT2D eigenvalue weighted by Crippen LogP contribution is -2.05. The van der Waals surface area contributed by atoms with Crippen LogP contribution in [-0.4, -0.2) is 20.2 Å². The molecule has 0 aliphatic rings. The van der Waals surface area contributed by atoms with E-state index in [-0.39, 0.29) is 5.69 Å². The Morgan fingerprint density at radius 2 is 1.94 bits per heavy atom. The van der Waals surface area contributed by atoms with Crippen molar-refractivity contribution in [2.75, 3.05) is 0 Å². The molecule has 6 heteroatoms. The van der Waals surface area contributed by atoms with E-state index in [1.54, 1.807) is 24.3 Å². The Labute approximate surface area is 95.3 Å². The quantitative estimate of drug-likeness (QED) is 0.635. The van der Waals surface area contributed by atoms with E-state index in [4.69, 9.17) is 11.6 Å². The molecule has 1 heterocycles. The fourth-order valence-electron chi connectivity index (χ4n) is 1.44. The molecule has 0 spiro atoms. The molecule has 5 nitrogen and oxygen atoms in total. The minimum atomic E-state index is -1.17. The van der Waals surface area contributed by atoms with E-state index in [9.17, 15) is 15.0 Å². The van der Waals surface area contributed by atoms with E-state index in [1.165, 1.54) is 0 Å². The van der Waals surface area contributed by atoms with Crippen LogP contribution in [0.1, 0.15) is 17.4 Å². The van der Waals surface area contributed by atoms with Gasteiger partial charge in [0.25, 0.3) is 0 Å². The minimum absolute atomic E-state index is 0.00176. The summed E-state index contributed by atoms with van der Waals surface area (Å²) in [5.41, 5.74) is -0.175. The predicted octanol–water partition coefficient (Wildman–Crippen LogP) is 1.14. The van der Waals surface area contributed by atoms with Gasteiger partial charge in [-0.15, -0.1) is 0 Å². The number of hydrogen-bond donors (Lipinski definition) is 4. The highest BCUT2D eigenvalue weighted by Crippen LogP contribution is 2.29. The fraction of sp³-hybridized carbons (Fsp3) is 0.100. The van der Waals surface area contributed by atoms with E-state index in [0.717, 1.165) is 0 Å². The third-order valence-corrected chi connectivity index (χ3v) is 2.55. The molecule has 0 aliphatic carbocycles. The van der Waals surface area contributed by atoms with E-state index < -0.39 is 17.7 Å². The van der Waals surface area contributed by atoms with Crippen LogP contribution < -0.4 is 5.69 Å². The number of halogens is 1. The van der Waals surface area contributed by atoms with Gasteiger partial charge >= 0.3 is 5.69 Å². The van der Waals surface area contributed by atoms with Gasteiger partial charge in [-0.3, -0.25) is 4.98 Å². The maximum absolute atomic E-state index is 10.9. The van der Waals surface area contributed by atoms with Crippen LogP contribution >= 0.6 is 11.6 Å². The summed E-state index contributed by atoms with van der Waals surface area (Å²) in [6.07, 6.45) is -1.17. The number of hydrogen-bond acceptors (Lipinski definition) is 3. The number of benzene rings is 1. The van der Waals surface area contributed by atoms with Gasteiger partial charge in [-0.2, -0.15) is 0 Å². The maximum atomic E-state index is 10.9. The molecule has 1 atom stereocenters. The highest BCUT2D eigenvalue weighted by Gasteiger charge is 2.19. The van der Waals surface area contributed by atoms with Gasteiger partial charge in [-0.25, -0.2) is 4.79 Å². The zero-order valence-corrected chi connectivity index (χ0v) is 8.82. The smallest absolute Gasteiger partial charge is 0.326 e. The second-order valence-electron chi connectivity index (χ2n) is 3.27. The highest BCUT2D eigenvalue weighted by molar-refractivity contribution is 6.31. The van der Waals surface area contributed by atoms with Crippen molar-refractivity contribution in [1.29, 1.82) is 0 Å². The van der Waals surface area contributed by atoms with Crippen LogP contribution in [0.2, 0.25) is 5.02 Å². The average Bonchev–Trinajstić information content (AvgIpc) is 2.58. The highest BCUT2D eigenvalue weighted by atomic mass is 35.5. The zero-order valence-electron chi connectivity index (χ0n) is 8.07. The lowest BCUT2D eigenvalue weighted by Gasteiger charge is -2.10. The number of H-pyrrole nitrogens is 2. The average molecular weight is 241 g/mol. The van der Waals surface area contributed by atoms with Crippen LogP contribution in [0.3, 0.4) is 0 Å². The topological polar surface area (TPSA) is 89.1 Å². The van der Waals surface area contributed by atoms with Gasteiger partial charge in [0.2, 0.25) is 5.88 Å². The zero-order chi connectivity index (χ0) is 11.7. The van der Waals surface area contributed by atoms with Crippen molar-refractivity contribution in [2.24, 2.45) is 0 Å². The molecule has 1 aromatic heterocycles. The Bertz CT molecular complexity index is 561. The van der Waals surface area contributed by atoms with Gasteiger partial charge in [-0.05, 0) is 6.07 Å². The summed E-state index contributed by atoms with van der Waals surface area (Å²) in [5, 5.41) is 19.7. The Morgan fingerprint density at radius 1 is 1.25 bits per heavy atom. The third kappa shape index (κ3) is 1.82. The van der Waals surface area contributed by atoms with Crippen molar-refractivity contribution in [3.8, 4) is 5.88 Å². The van der Waals surface area contributed by atoms with Crippen molar-refractivity contribution in [1.82, 2.24) is 9.97 Å². The van der Waals surface area contributed by atoms with Gasteiger partial charge in [-0.1, -0.05) is 29.8 Å². The monoisotopic (exact) mass is 240 g/mol. The number of aromatic nitrogens is 2. The molecule has 0 fully saturated rings. The summed E-state index contributed by atoms with van der Waals surface area (Å²) >= 11 is 5.88. The van der Waals surface area contributed by atoms with Gasteiger partial charge < -0.3 is 15.2 Å². The van der Waals surface area contributed by atoms with E-state index >= 15 is 0 Å². The molecule has 0 radical (unpaired) electrons. The predicted molar refractivity (Wildman–Crippen MR) is 58.6 cm³/mol. The molecule has 0 saturated heterocycles. The first-order chi connectivity index (χ1) is 7.59. The number of aliphatic hydroxyl groups is 1. The first-order valence-electron chi connectivity index (χ1n) is 4.53. The summed E-state index contributed by atoms with van der Waals surface area (Å²) in [7, 11) is 0. The summed E-state index contributed by atoms with van der Waals surface area (Å²) in [4.78, 5) is 15.3. The normalized spacial score (nSPS) is 12.6. The first-order valence-corrected chi connectivity index (χ1v) is 4.91. The van der Waals surface area contributed by atoms with E-state index in [1.807, 2.05) is 0 Å². The molecule has 2 rings (SSSR count). The van der Waals surface area contributed by atoms with Crippen LogP contribution in [0, 0.1) is 0 Å². The number of imidazole rings is 1. The van der Waals surface area contributed by atoms with Crippen LogP contribution in [-0.2, 0) is 0 Å². The Kier molecular flexibility index (Phi) is 2.72. The summed E-state index contributed by atoms with van der Waals surface area (Å²) in [6.45, 7) is 0. The Hall–Kier alpha value is -1.72. The molecular weight excluding hydrogens is 232 g/mol. The maximum Gasteiger partial charge on any atom is 0.326 e. The van der Waals surface area contributed by atoms with Gasteiger partial charge in [0.05, 0.1) is 0 Å². The molecule has 4 N–H and O–H groups in total. The molecule has 0 saturated carbocycles. The summed E-state index contributed by atoms with van der Waals surface area (Å²) < 4.78 is 0. The second-order valence-corrected chi connectivity index (χ2v) is 3.67. The molecule has 1 unspecified atom stereocenters. The standard InChI is InChI=1S/C10H9ClN2O3/c11-6-4-2-1-3-5(6)8(14)7-9(15)13-10(16)12-7/h1-4,8,14-15H,(H2,12,13,16). The van der Waals surface area contributed by atoms with Crippen LogP contribution in [0.4, 0.5) is 0 Å². The molecule has 84 valence electrons. The Morgan fingerprint density at radius 3 is 2.50 bits per heavy atom. The number of aliphatic hydroxyl groups excluding tert-OH is 1. The van der Waals surface area contributed by atoms with Crippen molar-refractivity contribution >= 4 is 11.6 Å². The molecule has 1 aromatic carbocycles. The molecular formula is C10H9ClN2O3. The van der Waals surface area contributed by atoms with Crippen LogP contribution in [0.25, 0.3) is 0 Å². The Balaban J connectivity index is 2.47. The second kappa shape index (κ2) is 4.03. The SMILES string of the molecule is O=c1[nH]c(O)c(C(O)c2ccccc2Cl)[nH]1. The van der Waals surface area contributed by atoms with Crippen molar-refractivity contribution < 1.29 is 10.2 Å². The van der Waals surface area contributed by atoms with Crippen molar-refractivity contribution in [3.63, 3.8) is 0 Å². The van der Waals surface area contributed by atoms with Gasteiger partial charge in [0, 0.05) is 10.6 Å². The molecule has 2 aromatic rings. The number of aromatic hydroxyl groups is 1. The lowest BCUT2D eigenvalue weighted by atomic mass is 10.1. The van der Waals surface area contributed by atoms with E-state index in [0.29, 0.717) is 10.6 Å². The van der Waals surface area contributed by atoms with Crippen molar-refractivity contribution in [3.05, 3.63) is 51.0 Å². The van der Waals surface area contributed by atoms with E-state index in [2.05, 4.69) is 9.97 Å². The molecule has 16 heavy (non-hydrogen) atoms. The number of nitrogens with one attached hydrogen (secondary N) is 2. The number of aromatic amines is 2.